The van der Waals surface area contributed by atoms with Crippen LogP contribution in [0.1, 0.15) is 48.9 Å². The molecule has 2 aromatic carbocycles. The Morgan fingerprint density at radius 1 is 1.00 bits per heavy atom. The summed E-state index contributed by atoms with van der Waals surface area (Å²) < 4.78 is 7.40. The van der Waals surface area contributed by atoms with Gasteiger partial charge in [-0.25, -0.2) is 4.98 Å². The third-order valence-corrected chi connectivity index (χ3v) is 6.65. The van der Waals surface area contributed by atoms with Gasteiger partial charge in [-0.15, -0.1) is 0 Å². The van der Waals surface area contributed by atoms with Gasteiger partial charge in [-0.2, -0.15) is 0 Å². The number of nitrogens with zero attached hydrogens (tertiary/aromatic N) is 2. The molecule has 4 rings (SSSR count). The lowest BCUT2D eigenvalue weighted by molar-refractivity contribution is 0.0947. The van der Waals surface area contributed by atoms with E-state index in [0.717, 1.165) is 28.1 Å². The molecular weight excluding hydrogens is 446 g/mol. The van der Waals surface area contributed by atoms with Crippen molar-refractivity contribution in [3.05, 3.63) is 100 Å². The maximum Gasteiger partial charge on any atom is 0.251 e. The molecule has 1 amide bonds. The molecule has 0 spiro atoms. The van der Waals surface area contributed by atoms with Gasteiger partial charge in [0.15, 0.2) is 10.9 Å². The van der Waals surface area contributed by atoms with E-state index in [1.807, 2.05) is 67.9 Å². The quantitative estimate of drug-likeness (QED) is 0.266. The number of furan rings is 1. The maximum absolute atomic E-state index is 12.9. The van der Waals surface area contributed by atoms with Crippen molar-refractivity contribution >= 4 is 23.5 Å². The number of hydrogen-bond acceptors (Lipinski definition) is 5. The third-order valence-electron chi connectivity index (χ3n) is 5.69. The van der Waals surface area contributed by atoms with Crippen LogP contribution in [0, 0.1) is 27.7 Å². The Morgan fingerprint density at radius 3 is 2.56 bits per heavy atom. The Bertz CT molecular complexity index is 1350. The van der Waals surface area contributed by atoms with Crippen LogP contribution in [-0.4, -0.2) is 27.0 Å². The molecule has 0 aliphatic heterocycles. The fourth-order valence-electron chi connectivity index (χ4n) is 3.71. The van der Waals surface area contributed by atoms with E-state index < -0.39 is 0 Å². The fraction of sp³-hybridized carbons (Fsp3) is 0.222. The summed E-state index contributed by atoms with van der Waals surface area (Å²) in [7, 11) is 0. The largest absolute Gasteiger partial charge is 0.465 e. The van der Waals surface area contributed by atoms with Crippen molar-refractivity contribution < 1.29 is 14.0 Å². The first-order chi connectivity index (χ1) is 16.3. The monoisotopic (exact) mass is 473 g/mol. The lowest BCUT2D eigenvalue weighted by Gasteiger charge is -2.11. The Hall–Kier alpha value is -3.58. The highest BCUT2D eigenvalue weighted by atomic mass is 32.2. The van der Waals surface area contributed by atoms with Gasteiger partial charge in [0.25, 0.3) is 5.91 Å². The number of imidazole rings is 1. The maximum atomic E-state index is 12.9. The average molecular weight is 474 g/mol. The molecule has 34 heavy (non-hydrogen) atoms. The van der Waals surface area contributed by atoms with Gasteiger partial charge in [-0.05, 0) is 80.8 Å². The van der Waals surface area contributed by atoms with E-state index in [1.165, 1.54) is 17.3 Å². The minimum absolute atomic E-state index is 0.0708. The minimum atomic E-state index is -0.189. The zero-order valence-corrected chi connectivity index (χ0v) is 20.5. The van der Waals surface area contributed by atoms with Crippen molar-refractivity contribution in [3.8, 4) is 5.69 Å². The molecule has 0 saturated carbocycles. The van der Waals surface area contributed by atoms with Gasteiger partial charge in [0.2, 0.25) is 0 Å². The van der Waals surface area contributed by atoms with Gasteiger partial charge in [-0.1, -0.05) is 23.9 Å². The van der Waals surface area contributed by atoms with Crippen molar-refractivity contribution in [2.45, 2.75) is 39.4 Å². The predicted octanol–water partition coefficient (Wildman–Crippen LogP) is 5.60. The van der Waals surface area contributed by atoms with Crippen LogP contribution < -0.4 is 5.32 Å². The van der Waals surface area contributed by atoms with E-state index in [0.29, 0.717) is 23.0 Å². The first kappa shape index (κ1) is 23.6. The number of carbonyl (C=O) groups excluding carboxylic acids is 2. The number of ketones is 1. The molecular formula is C27H27N3O3S. The van der Waals surface area contributed by atoms with Gasteiger partial charge >= 0.3 is 0 Å². The molecule has 4 aromatic rings. The second kappa shape index (κ2) is 10.1. The summed E-state index contributed by atoms with van der Waals surface area (Å²) in [5.41, 5.74) is 5.36. The molecule has 2 aromatic heterocycles. The second-order valence-electron chi connectivity index (χ2n) is 8.29. The number of nitrogens with one attached hydrogen (secondary N) is 1. The first-order valence-electron chi connectivity index (χ1n) is 11.0. The van der Waals surface area contributed by atoms with Crippen LogP contribution in [-0.2, 0) is 6.54 Å². The van der Waals surface area contributed by atoms with Crippen LogP contribution >= 0.6 is 11.8 Å². The summed E-state index contributed by atoms with van der Waals surface area (Å²) in [5.74, 6) is 1.68. The Labute approximate surface area is 203 Å². The fourth-order valence-corrected chi connectivity index (χ4v) is 4.56. The molecule has 7 heteroatoms. The minimum Gasteiger partial charge on any atom is -0.465 e. The molecule has 1 N–H and O–H groups in total. The number of Topliss-reactive ketones (excluding diaryl/α,β-unsaturated/α-hetero) is 1. The van der Waals surface area contributed by atoms with Crippen molar-refractivity contribution in [2.24, 2.45) is 0 Å². The van der Waals surface area contributed by atoms with Gasteiger partial charge in [0, 0.05) is 29.2 Å². The summed E-state index contributed by atoms with van der Waals surface area (Å²) in [4.78, 5) is 30.0. The molecule has 2 heterocycles. The lowest BCUT2D eigenvalue weighted by Crippen LogP contribution is -2.22. The van der Waals surface area contributed by atoms with Crippen LogP contribution in [0.3, 0.4) is 0 Å². The predicted molar refractivity (Wildman–Crippen MR) is 134 cm³/mol. The number of aryl methyl sites for hydroxylation is 4. The highest BCUT2D eigenvalue weighted by Crippen LogP contribution is 2.24. The standard InChI is InChI=1S/C27H27N3O3S/c1-17-12-19(3)24(13-18(17)2)25(31)16-34-27-28-10-11-30(27)22-7-5-6-21(14-22)26(32)29-15-23-9-8-20(4)33-23/h5-14H,15-16H2,1-4H3,(H,29,32). The van der Waals surface area contributed by atoms with Crippen molar-refractivity contribution in [2.75, 3.05) is 5.75 Å². The molecule has 0 saturated heterocycles. The van der Waals surface area contributed by atoms with E-state index in [4.69, 9.17) is 4.42 Å². The highest BCUT2D eigenvalue weighted by molar-refractivity contribution is 7.99. The number of carbonyl (C=O) groups is 2. The van der Waals surface area contributed by atoms with E-state index in [9.17, 15) is 9.59 Å². The van der Waals surface area contributed by atoms with Gasteiger partial charge < -0.3 is 9.73 Å². The summed E-state index contributed by atoms with van der Waals surface area (Å²) >= 11 is 1.38. The van der Waals surface area contributed by atoms with Crippen LogP contribution in [0.25, 0.3) is 5.69 Å². The number of rotatable bonds is 8. The summed E-state index contributed by atoms with van der Waals surface area (Å²) in [6, 6.07) is 15.1. The summed E-state index contributed by atoms with van der Waals surface area (Å²) in [5, 5.41) is 3.57. The Morgan fingerprint density at radius 2 is 1.79 bits per heavy atom. The molecule has 0 aliphatic carbocycles. The molecule has 0 aliphatic rings. The van der Waals surface area contributed by atoms with Crippen LogP contribution in [0.15, 0.2) is 70.5 Å². The van der Waals surface area contributed by atoms with E-state index in [-0.39, 0.29) is 17.4 Å². The molecule has 174 valence electrons. The van der Waals surface area contributed by atoms with Crippen molar-refractivity contribution in [1.29, 1.82) is 0 Å². The molecule has 0 atom stereocenters. The van der Waals surface area contributed by atoms with Crippen molar-refractivity contribution in [1.82, 2.24) is 14.9 Å². The number of benzene rings is 2. The number of hydrogen-bond donors (Lipinski definition) is 1. The first-order valence-corrected chi connectivity index (χ1v) is 12.0. The zero-order valence-electron chi connectivity index (χ0n) is 19.7. The van der Waals surface area contributed by atoms with E-state index in [1.54, 1.807) is 12.3 Å². The molecule has 0 bridgehead atoms. The van der Waals surface area contributed by atoms with Crippen LogP contribution in [0.4, 0.5) is 0 Å². The van der Waals surface area contributed by atoms with Gasteiger partial charge in [0.05, 0.1) is 12.3 Å². The molecule has 0 unspecified atom stereocenters. The molecule has 0 radical (unpaired) electrons. The Kier molecular flexibility index (Phi) is 7.03. The SMILES string of the molecule is Cc1ccc(CNC(=O)c2cccc(-n3ccnc3SCC(=O)c3cc(C)c(C)cc3C)c2)o1. The van der Waals surface area contributed by atoms with E-state index >= 15 is 0 Å². The van der Waals surface area contributed by atoms with Gasteiger partial charge in [0.1, 0.15) is 11.5 Å². The van der Waals surface area contributed by atoms with Crippen LogP contribution in [0.5, 0.6) is 0 Å². The number of amides is 1. The lowest BCUT2D eigenvalue weighted by atomic mass is 9.99. The zero-order chi connectivity index (χ0) is 24.2. The number of aromatic nitrogens is 2. The van der Waals surface area contributed by atoms with E-state index in [2.05, 4.69) is 23.3 Å². The molecule has 6 nitrogen and oxygen atoms in total. The third kappa shape index (κ3) is 5.31. The summed E-state index contributed by atoms with van der Waals surface area (Å²) in [6.07, 6.45) is 3.52. The summed E-state index contributed by atoms with van der Waals surface area (Å²) in [6.45, 7) is 8.22. The molecule has 0 fully saturated rings. The highest BCUT2D eigenvalue weighted by Gasteiger charge is 2.15. The second-order valence-corrected chi connectivity index (χ2v) is 9.23. The van der Waals surface area contributed by atoms with Gasteiger partial charge in [-0.3, -0.25) is 14.2 Å². The van der Waals surface area contributed by atoms with Crippen LogP contribution in [0.2, 0.25) is 0 Å². The normalized spacial score (nSPS) is 10.9. The number of thioether (sulfide) groups is 1. The Balaban J connectivity index is 1.45. The van der Waals surface area contributed by atoms with Crippen molar-refractivity contribution in [3.63, 3.8) is 0 Å². The smallest absolute Gasteiger partial charge is 0.251 e. The topological polar surface area (TPSA) is 77.1 Å². The average Bonchev–Trinajstić information content (AvgIpc) is 3.47.